The molecule has 0 saturated heterocycles. The van der Waals surface area contributed by atoms with Crippen molar-refractivity contribution < 1.29 is 0 Å². The fraction of sp³-hybridized carbons (Fsp3) is 0.500. The molecule has 0 aromatic heterocycles. The lowest BCUT2D eigenvalue weighted by Gasteiger charge is -2.10. The molecule has 0 heteroatoms. The van der Waals surface area contributed by atoms with Crippen LogP contribution >= 0.6 is 0 Å². The van der Waals surface area contributed by atoms with Crippen molar-refractivity contribution in [2.45, 2.75) is 33.6 Å². The molecule has 0 N–H and O–H groups in total. The minimum Gasteiger partial charge on any atom is -0.0841 e. The minimum absolute atomic E-state index is 0.771. The molecule has 0 spiro atoms. The van der Waals surface area contributed by atoms with Crippen molar-refractivity contribution in [2.24, 2.45) is 5.92 Å². The quantitative estimate of drug-likeness (QED) is 0.578. The van der Waals surface area contributed by atoms with Crippen LogP contribution in [0.2, 0.25) is 0 Å². The van der Waals surface area contributed by atoms with E-state index in [1.807, 2.05) is 0 Å². The van der Waals surface area contributed by atoms with Crippen LogP contribution < -0.4 is 0 Å². The Kier molecular flexibility index (Phi) is 3.33. The van der Waals surface area contributed by atoms with Gasteiger partial charge in [0.15, 0.2) is 0 Å². The van der Waals surface area contributed by atoms with Gasteiger partial charge < -0.3 is 0 Å². The lowest BCUT2D eigenvalue weighted by molar-refractivity contribution is 0.648. The molecule has 0 saturated carbocycles. The first-order valence-electron chi connectivity index (χ1n) is 4.74. The summed E-state index contributed by atoms with van der Waals surface area (Å²) < 4.78 is 0. The van der Waals surface area contributed by atoms with Crippen molar-refractivity contribution in [3.8, 4) is 0 Å². The van der Waals surface area contributed by atoms with Gasteiger partial charge in [-0.2, -0.15) is 0 Å². The molecule has 0 fully saturated rings. The zero-order chi connectivity index (χ0) is 8.97. The molecule has 0 heterocycles. The van der Waals surface area contributed by atoms with Crippen molar-refractivity contribution >= 4 is 0 Å². The Balaban J connectivity index is 2.52. The van der Waals surface area contributed by atoms with Gasteiger partial charge in [-0.05, 0) is 31.3 Å². The Morgan fingerprint density at radius 1 is 1.42 bits per heavy atom. The second kappa shape index (κ2) is 4.30. The van der Waals surface area contributed by atoms with Crippen LogP contribution in [-0.2, 0) is 0 Å². The molecule has 0 aliphatic heterocycles. The van der Waals surface area contributed by atoms with Gasteiger partial charge in [0.2, 0.25) is 0 Å². The van der Waals surface area contributed by atoms with E-state index in [0.29, 0.717) is 0 Å². The first-order chi connectivity index (χ1) is 5.72. The Morgan fingerprint density at radius 2 is 2.17 bits per heavy atom. The van der Waals surface area contributed by atoms with Gasteiger partial charge in [0.25, 0.3) is 0 Å². The molecule has 1 rings (SSSR count). The van der Waals surface area contributed by atoms with E-state index in [0.717, 1.165) is 12.3 Å². The van der Waals surface area contributed by atoms with Gasteiger partial charge in [-0.25, -0.2) is 0 Å². The van der Waals surface area contributed by atoms with Crippen LogP contribution in [0.5, 0.6) is 0 Å². The third kappa shape index (κ3) is 2.69. The third-order valence-corrected chi connectivity index (χ3v) is 2.13. The van der Waals surface area contributed by atoms with Gasteiger partial charge in [-0.15, -0.1) is 0 Å². The van der Waals surface area contributed by atoms with Crippen molar-refractivity contribution in [3.05, 3.63) is 35.5 Å². The molecule has 0 aromatic carbocycles. The fourth-order valence-electron chi connectivity index (χ4n) is 1.44. The highest BCUT2D eigenvalue weighted by atomic mass is 14.1. The standard InChI is InChI=1S/C12H18/c1-4-11-5-7-12(8-6-11)9-10(2)3/h4-5,7-8,10H,6,9H2,1-3H3. The third-order valence-electron chi connectivity index (χ3n) is 2.13. The van der Waals surface area contributed by atoms with Crippen LogP contribution in [0.3, 0.4) is 0 Å². The molecule has 0 atom stereocenters. The van der Waals surface area contributed by atoms with Crippen molar-refractivity contribution in [2.75, 3.05) is 0 Å². The molecule has 0 bridgehead atoms. The average molecular weight is 162 g/mol. The highest BCUT2D eigenvalue weighted by molar-refractivity contribution is 5.35. The molecular weight excluding hydrogens is 144 g/mol. The average Bonchev–Trinajstić information content (AvgIpc) is 2.05. The zero-order valence-corrected chi connectivity index (χ0v) is 8.30. The maximum atomic E-state index is 2.34. The number of hydrogen-bond donors (Lipinski definition) is 0. The fourth-order valence-corrected chi connectivity index (χ4v) is 1.44. The number of hydrogen-bond acceptors (Lipinski definition) is 0. The molecule has 0 unspecified atom stereocenters. The van der Waals surface area contributed by atoms with Crippen LogP contribution in [0.4, 0.5) is 0 Å². The van der Waals surface area contributed by atoms with Gasteiger partial charge in [0, 0.05) is 0 Å². The molecule has 0 amide bonds. The van der Waals surface area contributed by atoms with Crippen LogP contribution in [0.25, 0.3) is 0 Å². The van der Waals surface area contributed by atoms with Gasteiger partial charge in [-0.1, -0.05) is 43.7 Å². The SMILES string of the molecule is CC=C1C=CC(CC(C)C)=CC1. The Bertz CT molecular complexity index is 226. The zero-order valence-electron chi connectivity index (χ0n) is 8.30. The molecule has 1 aliphatic carbocycles. The van der Waals surface area contributed by atoms with Crippen LogP contribution in [-0.4, -0.2) is 0 Å². The smallest absolute Gasteiger partial charge is 0.00949 e. The summed E-state index contributed by atoms with van der Waals surface area (Å²) in [5.74, 6) is 0.771. The highest BCUT2D eigenvalue weighted by Crippen LogP contribution is 2.20. The second-order valence-electron chi connectivity index (χ2n) is 3.78. The Hall–Kier alpha value is -0.780. The summed E-state index contributed by atoms with van der Waals surface area (Å²) in [5.41, 5.74) is 2.93. The van der Waals surface area contributed by atoms with Gasteiger partial charge in [0.1, 0.15) is 0 Å². The maximum absolute atomic E-state index is 2.34. The summed E-state index contributed by atoms with van der Waals surface area (Å²) in [5, 5.41) is 0. The van der Waals surface area contributed by atoms with Crippen LogP contribution in [0.15, 0.2) is 35.5 Å². The summed E-state index contributed by atoms with van der Waals surface area (Å²) in [4.78, 5) is 0. The Morgan fingerprint density at radius 3 is 2.58 bits per heavy atom. The van der Waals surface area contributed by atoms with E-state index in [2.05, 4.69) is 45.1 Å². The van der Waals surface area contributed by atoms with Crippen LogP contribution in [0, 0.1) is 5.92 Å². The van der Waals surface area contributed by atoms with Crippen molar-refractivity contribution in [1.29, 1.82) is 0 Å². The van der Waals surface area contributed by atoms with E-state index >= 15 is 0 Å². The minimum atomic E-state index is 0.771. The molecule has 0 nitrogen and oxygen atoms in total. The van der Waals surface area contributed by atoms with Crippen molar-refractivity contribution in [1.82, 2.24) is 0 Å². The molecule has 66 valence electrons. The topological polar surface area (TPSA) is 0 Å². The Labute approximate surface area is 75.7 Å². The summed E-state index contributed by atoms with van der Waals surface area (Å²) in [6.45, 7) is 6.63. The summed E-state index contributed by atoms with van der Waals surface area (Å²) in [6.07, 6.45) is 11.3. The summed E-state index contributed by atoms with van der Waals surface area (Å²) in [6, 6.07) is 0. The second-order valence-corrected chi connectivity index (χ2v) is 3.78. The maximum Gasteiger partial charge on any atom is -0.00949 e. The van der Waals surface area contributed by atoms with E-state index in [1.54, 1.807) is 0 Å². The van der Waals surface area contributed by atoms with E-state index < -0.39 is 0 Å². The number of allylic oxidation sites excluding steroid dienone is 6. The molecular formula is C12H18. The van der Waals surface area contributed by atoms with Crippen LogP contribution in [0.1, 0.15) is 33.6 Å². The first-order valence-corrected chi connectivity index (χ1v) is 4.74. The van der Waals surface area contributed by atoms with Gasteiger partial charge in [0.05, 0.1) is 0 Å². The van der Waals surface area contributed by atoms with E-state index in [9.17, 15) is 0 Å². The highest BCUT2D eigenvalue weighted by Gasteiger charge is 2.02. The first kappa shape index (κ1) is 9.31. The van der Waals surface area contributed by atoms with Crippen molar-refractivity contribution in [3.63, 3.8) is 0 Å². The van der Waals surface area contributed by atoms with E-state index in [1.165, 1.54) is 17.6 Å². The number of rotatable bonds is 2. The van der Waals surface area contributed by atoms with E-state index in [4.69, 9.17) is 0 Å². The predicted octanol–water partition coefficient (Wildman–Crippen LogP) is 3.87. The lowest BCUT2D eigenvalue weighted by Crippen LogP contribution is -1.93. The molecule has 1 aliphatic rings. The normalized spacial score (nSPS) is 20.3. The van der Waals surface area contributed by atoms with Gasteiger partial charge in [-0.3, -0.25) is 0 Å². The monoisotopic (exact) mass is 162 g/mol. The molecule has 0 aromatic rings. The summed E-state index contributed by atoms with van der Waals surface area (Å²) in [7, 11) is 0. The molecule has 0 radical (unpaired) electrons. The lowest BCUT2D eigenvalue weighted by atomic mass is 9.96. The summed E-state index contributed by atoms with van der Waals surface area (Å²) >= 11 is 0. The molecule has 12 heavy (non-hydrogen) atoms. The van der Waals surface area contributed by atoms with Gasteiger partial charge >= 0.3 is 0 Å². The predicted molar refractivity (Wildman–Crippen MR) is 55.1 cm³/mol. The van der Waals surface area contributed by atoms with E-state index in [-0.39, 0.29) is 0 Å². The largest absolute Gasteiger partial charge is 0.0841 e.